The number of piperidine rings is 1. The van der Waals surface area contributed by atoms with Gasteiger partial charge in [0.1, 0.15) is 5.75 Å². The molecular formula is C23H25F3N2O2. The standard InChI is InChI=1S/C23H25F3N2O2/c24-23(25,26)30-21-7-2-1-6-17(21)28-19-12-14-11-18-15-5-3-4-8-22(15,9-10-27-18)16(14)13-20(19)29/h1-2,6-7,12-13,15,18,27-29H,3-5,8-11H2/t15-,18+,22+/m0/s1. The number of fused-ring (bicyclic) bond motifs is 1. The lowest BCUT2D eigenvalue weighted by Crippen LogP contribution is -2.59. The molecule has 3 atom stereocenters. The largest absolute Gasteiger partial charge is 0.573 e. The van der Waals surface area contributed by atoms with Crippen molar-refractivity contribution >= 4 is 11.4 Å². The number of rotatable bonds is 3. The molecule has 1 saturated carbocycles. The molecule has 1 heterocycles. The van der Waals surface area contributed by atoms with E-state index < -0.39 is 6.36 Å². The van der Waals surface area contributed by atoms with Crippen LogP contribution in [0.25, 0.3) is 0 Å². The molecule has 2 aliphatic carbocycles. The molecular weight excluding hydrogens is 393 g/mol. The summed E-state index contributed by atoms with van der Waals surface area (Å²) in [6.45, 7) is 0.990. The molecule has 0 amide bonds. The maximum atomic E-state index is 12.7. The van der Waals surface area contributed by atoms with Gasteiger partial charge in [-0.1, -0.05) is 25.0 Å². The number of hydrogen-bond acceptors (Lipinski definition) is 4. The van der Waals surface area contributed by atoms with Crippen LogP contribution in [0.4, 0.5) is 24.5 Å². The second kappa shape index (κ2) is 7.08. The van der Waals surface area contributed by atoms with Crippen molar-refractivity contribution in [2.45, 2.75) is 56.3 Å². The monoisotopic (exact) mass is 418 g/mol. The van der Waals surface area contributed by atoms with E-state index in [0.717, 1.165) is 25.8 Å². The lowest BCUT2D eigenvalue weighted by molar-refractivity contribution is -0.274. The molecule has 0 spiro atoms. The molecule has 2 bridgehead atoms. The van der Waals surface area contributed by atoms with Gasteiger partial charge < -0.3 is 20.5 Å². The van der Waals surface area contributed by atoms with E-state index in [-0.39, 0.29) is 22.6 Å². The molecule has 2 fully saturated rings. The van der Waals surface area contributed by atoms with Crippen LogP contribution in [-0.4, -0.2) is 24.1 Å². The van der Waals surface area contributed by atoms with E-state index >= 15 is 0 Å². The number of nitrogens with one attached hydrogen (secondary N) is 2. The van der Waals surface area contributed by atoms with Crippen LogP contribution in [0.2, 0.25) is 0 Å². The summed E-state index contributed by atoms with van der Waals surface area (Å²) in [7, 11) is 0. The first-order valence-corrected chi connectivity index (χ1v) is 10.6. The predicted octanol–water partition coefficient (Wildman–Crippen LogP) is 5.38. The average Bonchev–Trinajstić information content (AvgIpc) is 2.70. The Morgan fingerprint density at radius 1 is 1.10 bits per heavy atom. The number of hydrogen-bond donors (Lipinski definition) is 3. The molecule has 30 heavy (non-hydrogen) atoms. The molecule has 7 heteroatoms. The smallest absolute Gasteiger partial charge is 0.506 e. The van der Waals surface area contributed by atoms with Crippen molar-refractivity contribution in [2.24, 2.45) is 5.92 Å². The molecule has 4 nitrogen and oxygen atoms in total. The summed E-state index contributed by atoms with van der Waals surface area (Å²) in [4.78, 5) is 0. The van der Waals surface area contributed by atoms with Gasteiger partial charge in [0, 0.05) is 11.5 Å². The van der Waals surface area contributed by atoms with Crippen molar-refractivity contribution in [1.82, 2.24) is 5.32 Å². The maximum Gasteiger partial charge on any atom is 0.573 e. The van der Waals surface area contributed by atoms with Gasteiger partial charge in [-0.3, -0.25) is 0 Å². The molecule has 3 N–H and O–H groups in total. The summed E-state index contributed by atoms with van der Waals surface area (Å²) < 4.78 is 42.4. The third kappa shape index (κ3) is 3.29. The summed E-state index contributed by atoms with van der Waals surface area (Å²) in [6, 6.07) is 10.0. The minimum Gasteiger partial charge on any atom is -0.506 e. The first-order valence-electron chi connectivity index (χ1n) is 10.6. The van der Waals surface area contributed by atoms with Crippen LogP contribution in [0.15, 0.2) is 36.4 Å². The molecule has 2 aromatic carbocycles. The highest BCUT2D eigenvalue weighted by molar-refractivity contribution is 5.72. The number of halogens is 3. The number of aromatic hydroxyl groups is 1. The Hall–Kier alpha value is -2.41. The van der Waals surface area contributed by atoms with Gasteiger partial charge in [0.25, 0.3) is 0 Å². The van der Waals surface area contributed by atoms with Gasteiger partial charge in [-0.25, -0.2) is 0 Å². The third-order valence-electron chi connectivity index (χ3n) is 7.14. The summed E-state index contributed by atoms with van der Waals surface area (Å²) in [5, 5.41) is 17.4. The molecule has 0 unspecified atom stereocenters. The van der Waals surface area contributed by atoms with Gasteiger partial charge in [-0.15, -0.1) is 13.2 Å². The number of alkyl halides is 3. The Morgan fingerprint density at radius 3 is 2.77 bits per heavy atom. The third-order valence-corrected chi connectivity index (χ3v) is 7.14. The number of phenols is 1. The zero-order chi connectivity index (χ0) is 20.9. The second-order valence-corrected chi connectivity index (χ2v) is 8.72. The van der Waals surface area contributed by atoms with Crippen LogP contribution in [0.1, 0.15) is 43.2 Å². The van der Waals surface area contributed by atoms with Gasteiger partial charge in [-0.05, 0) is 73.5 Å². The zero-order valence-electron chi connectivity index (χ0n) is 16.6. The zero-order valence-corrected chi connectivity index (χ0v) is 16.6. The second-order valence-electron chi connectivity index (χ2n) is 8.72. The Kier molecular flexibility index (Phi) is 4.61. The fourth-order valence-corrected chi connectivity index (χ4v) is 6.00. The summed E-state index contributed by atoms with van der Waals surface area (Å²) in [6.07, 6.45) is 1.95. The highest BCUT2D eigenvalue weighted by Gasteiger charge is 2.51. The predicted molar refractivity (Wildman–Crippen MR) is 108 cm³/mol. The van der Waals surface area contributed by atoms with E-state index in [1.165, 1.54) is 48.6 Å². The van der Waals surface area contributed by atoms with E-state index in [1.807, 2.05) is 12.1 Å². The Morgan fingerprint density at radius 2 is 1.93 bits per heavy atom. The molecule has 0 aromatic heterocycles. The summed E-state index contributed by atoms with van der Waals surface area (Å²) in [5.74, 6) is 0.324. The topological polar surface area (TPSA) is 53.5 Å². The Labute approximate surface area is 173 Å². The highest BCUT2D eigenvalue weighted by atomic mass is 19.4. The molecule has 2 aromatic rings. The van der Waals surface area contributed by atoms with Crippen molar-refractivity contribution in [3.63, 3.8) is 0 Å². The van der Waals surface area contributed by atoms with Crippen molar-refractivity contribution in [1.29, 1.82) is 0 Å². The van der Waals surface area contributed by atoms with Crippen molar-refractivity contribution < 1.29 is 23.0 Å². The lowest BCUT2D eigenvalue weighted by atomic mass is 9.53. The molecule has 0 radical (unpaired) electrons. The number of benzene rings is 2. The van der Waals surface area contributed by atoms with E-state index in [0.29, 0.717) is 17.6 Å². The quantitative estimate of drug-likeness (QED) is 0.586. The van der Waals surface area contributed by atoms with Crippen LogP contribution < -0.4 is 15.4 Å². The van der Waals surface area contributed by atoms with E-state index in [2.05, 4.69) is 15.4 Å². The average molecular weight is 418 g/mol. The van der Waals surface area contributed by atoms with E-state index in [1.54, 1.807) is 6.07 Å². The van der Waals surface area contributed by atoms with Crippen LogP contribution >= 0.6 is 0 Å². The fraction of sp³-hybridized carbons (Fsp3) is 0.478. The minimum atomic E-state index is -4.78. The number of ether oxygens (including phenoxy) is 1. The molecule has 1 aliphatic heterocycles. The first-order chi connectivity index (χ1) is 14.4. The normalized spacial score (nSPS) is 27.7. The lowest BCUT2D eigenvalue weighted by Gasteiger charge is -2.56. The van der Waals surface area contributed by atoms with Crippen LogP contribution in [0.5, 0.6) is 11.5 Å². The highest BCUT2D eigenvalue weighted by Crippen LogP contribution is 2.55. The van der Waals surface area contributed by atoms with Crippen molar-refractivity contribution in [2.75, 3.05) is 11.9 Å². The van der Waals surface area contributed by atoms with E-state index in [4.69, 9.17) is 0 Å². The van der Waals surface area contributed by atoms with Crippen molar-refractivity contribution in [3.05, 3.63) is 47.5 Å². The Bertz CT molecular complexity index is 958. The first kappa shape index (κ1) is 19.5. The van der Waals surface area contributed by atoms with Crippen molar-refractivity contribution in [3.8, 4) is 11.5 Å². The molecule has 1 saturated heterocycles. The number of phenolic OH excluding ortho intramolecular Hbond substituents is 1. The van der Waals surface area contributed by atoms with Gasteiger partial charge in [-0.2, -0.15) is 0 Å². The van der Waals surface area contributed by atoms with E-state index in [9.17, 15) is 18.3 Å². The van der Waals surface area contributed by atoms with Crippen LogP contribution in [0, 0.1) is 5.92 Å². The Balaban J connectivity index is 1.51. The maximum absolute atomic E-state index is 12.7. The van der Waals surface area contributed by atoms with Gasteiger partial charge in [0.05, 0.1) is 11.4 Å². The van der Waals surface area contributed by atoms with Crippen LogP contribution in [0.3, 0.4) is 0 Å². The molecule has 5 rings (SSSR count). The molecule has 160 valence electrons. The SMILES string of the molecule is Oc1cc2c(cc1Nc1ccccc1OC(F)(F)F)C[C@H]1NCC[C@@]23CCCC[C@@H]13. The van der Waals surface area contributed by atoms with Gasteiger partial charge >= 0.3 is 6.36 Å². The number of anilines is 2. The summed E-state index contributed by atoms with van der Waals surface area (Å²) in [5.41, 5.74) is 3.06. The summed E-state index contributed by atoms with van der Waals surface area (Å²) >= 11 is 0. The van der Waals surface area contributed by atoms with Gasteiger partial charge in [0.2, 0.25) is 0 Å². The molecule has 3 aliphatic rings. The minimum absolute atomic E-state index is 0.0613. The van der Waals surface area contributed by atoms with Crippen LogP contribution in [-0.2, 0) is 11.8 Å². The van der Waals surface area contributed by atoms with Gasteiger partial charge in [0.15, 0.2) is 5.75 Å². The fourth-order valence-electron chi connectivity index (χ4n) is 6.00. The number of para-hydroxylation sites is 2.